The largest absolute Gasteiger partial charge is 0.397 e. The van der Waals surface area contributed by atoms with E-state index in [0.717, 1.165) is 9.26 Å². The first kappa shape index (κ1) is 13.0. The van der Waals surface area contributed by atoms with Gasteiger partial charge in [0.25, 0.3) is 0 Å². The van der Waals surface area contributed by atoms with Gasteiger partial charge in [0.1, 0.15) is 0 Å². The zero-order chi connectivity index (χ0) is 13.1. The second kappa shape index (κ2) is 5.45. The van der Waals surface area contributed by atoms with E-state index in [0.29, 0.717) is 25.2 Å². The molecule has 2 N–H and O–H groups in total. The third-order valence-corrected chi connectivity index (χ3v) is 3.56. The van der Waals surface area contributed by atoms with Crippen molar-refractivity contribution in [2.24, 2.45) is 11.0 Å². The average molecular weight is 357 g/mol. The first-order valence-corrected chi connectivity index (χ1v) is 6.56. The van der Waals surface area contributed by atoms with E-state index >= 15 is 0 Å². The molecule has 1 fully saturated rings. The molecular formula is C11H12IN5O. The number of hydrogen-bond donors (Lipinski definition) is 1. The van der Waals surface area contributed by atoms with E-state index in [1.54, 1.807) is 4.90 Å². The van der Waals surface area contributed by atoms with Crippen molar-refractivity contribution in [3.05, 3.63) is 32.2 Å². The lowest BCUT2D eigenvalue weighted by atomic mass is 10.1. The molecule has 18 heavy (non-hydrogen) atoms. The molecule has 94 valence electrons. The lowest BCUT2D eigenvalue weighted by Crippen LogP contribution is -2.25. The molecule has 0 radical (unpaired) electrons. The van der Waals surface area contributed by atoms with E-state index in [-0.39, 0.29) is 11.8 Å². The highest BCUT2D eigenvalue weighted by Gasteiger charge is 2.30. The summed E-state index contributed by atoms with van der Waals surface area (Å²) in [6, 6.07) is 5.61. The van der Waals surface area contributed by atoms with Gasteiger partial charge in [-0.3, -0.25) is 4.79 Å². The van der Waals surface area contributed by atoms with Gasteiger partial charge >= 0.3 is 0 Å². The van der Waals surface area contributed by atoms with Crippen LogP contribution in [-0.2, 0) is 4.79 Å². The molecule has 2 rings (SSSR count). The van der Waals surface area contributed by atoms with Gasteiger partial charge in [-0.25, -0.2) is 0 Å². The number of nitrogen functional groups attached to an aromatic ring is 1. The van der Waals surface area contributed by atoms with Crippen molar-refractivity contribution in [2.45, 2.75) is 6.42 Å². The minimum absolute atomic E-state index is 0.0287. The number of benzene rings is 1. The van der Waals surface area contributed by atoms with Crippen LogP contribution in [0.4, 0.5) is 11.4 Å². The number of anilines is 2. The maximum atomic E-state index is 11.9. The van der Waals surface area contributed by atoms with Crippen LogP contribution in [0, 0.1) is 9.49 Å². The van der Waals surface area contributed by atoms with Gasteiger partial charge in [0, 0.05) is 28.0 Å². The van der Waals surface area contributed by atoms with Gasteiger partial charge in [0.15, 0.2) is 0 Å². The summed E-state index contributed by atoms with van der Waals surface area (Å²) < 4.78 is 1.03. The van der Waals surface area contributed by atoms with Gasteiger partial charge in [-0.05, 0) is 52.2 Å². The Labute approximate surface area is 118 Å². The molecule has 0 saturated carbocycles. The molecule has 1 aliphatic heterocycles. The highest BCUT2D eigenvalue weighted by Crippen LogP contribution is 2.30. The van der Waals surface area contributed by atoms with E-state index in [2.05, 4.69) is 32.6 Å². The number of amides is 1. The molecular weight excluding hydrogens is 345 g/mol. The molecule has 1 saturated heterocycles. The molecule has 1 atom stereocenters. The number of azide groups is 1. The zero-order valence-electron chi connectivity index (χ0n) is 9.58. The molecule has 1 aliphatic rings. The van der Waals surface area contributed by atoms with Crippen LogP contribution in [0.2, 0.25) is 0 Å². The Bertz CT molecular complexity index is 526. The molecule has 1 aromatic rings. The fourth-order valence-corrected chi connectivity index (χ4v) is 2.58. The number of carbonyl (C=O) groups excluding carboxylic acids is 1. The highest BCUT2D eigenvalue weighted by molar-refractivity contribution is 14.1. The van der Waals surface area contributed by atoms with E-state index in [9.17, 15) is 4.79 Å². The summed E-state index contributed by atoms with van der Waals surface area (Å²) in [5.74, 6) is 0.105. The molecule has 1 aromatic carbocycles. The van der Waals surface area contributed by atoms with Crippen molar-refractivity contribution in [2.75, 3.05) is 23.7 Å². The van der Waals surface area contributed by atoms with Gasteiger partial charge in [0.2, 0.25) is 5.91 Å². The fraction of sp³-hybridized carbons (Fsp3) is 0.364. The number of hydrogen-bond acceptors (Lipinski definition) is 3. The fourth-order valence-electron chi connectivity index (χ4n) is 2.06. The summed E-state index contributed by atoms with van der Waals surface area (Å²) in [6.07, 6.45) is 0.407. The standard InChI is InChI=1S/C11H12IN5O/c12-8-1-2-10(9(13)4-8)17-6-7(3-11(17)18)5-15-16-14/h1-2,4,7H,3,5-6,13H2. The minimum atomic E-state index is 0.0287. The number of halogens is 1. The normalized spacial score (nSPS) is 18.8. The van der Waals surface area contributed by atoms with Gasteiger partial charge in [-0.2, -0.15) is 0 Å². The predicted molar refractivity (Wildman–Crippen MR) is 78.0 cm³/mol. The molecule has 0 aliphatic carbocycles. The van der Waals surface area contributed by atoms with E-state index in [4.69, 9.17) is 11.3 Å². The quantitative estimate of drug-likeness (QED) is 0.296. The van der Waals surface area contributed by atoms with Crippen molar-refractivity contribution >= 4 is 39.9 Å². The Balaban J connectivity index is 2.18. The monoisotopic (exact) mass is 357 g/mol. The minimum Gasteiger partial charge on any atom is -0.397 e. The summed E-state index contributed by atoms with van der Waals surface area (Å²) >= 11 is 2.17. The topological polar surface area (TPSA) is 95.1 Å². The lowest BCUT2D eigenvalue weighted by Gasteiger charge is -2.18. The molecule has 1 unspecified atom stereocenters. The summed E-state index contributed by atoms with van der Waals surface area (Å²) in [5.41, 5.74) is 15.6. The number of rotatable bonds is 3. The number of nitrogens with two attached hydrogens (primary N) is 1. The molecule has 6 nitrogen and oxygen atoms in total. The van der Waals surface area contributed by atoms with Gasteiger partial charge in [-0.15, -0.1) is 0 Å². The van der Waals surface area contributed by atoms with Crippen LogP contribution in [-0.4, -0.2) is 19.0 Å². The Morgan fingerprint density at radius 1 is 1.61 bits per heavy atom. The van der Waals surface area contributed by atoms with Crippen LogP contribution in [0.3, 0.4) is 0 Å². The van der Waals surface area contributed by atoms with Crippen molar-refractivity contribution in [1.29, 1.82) is 0 Å². The van der Waals surface area contributed by atoms with Gasteiger partial charge < -0.3 is 10.6 Å². The summed E-state index contributed by atoms with van der Waals surface area (Å²) in [5, 5.41) is 3.52. The SMILES string of the molecule is [N-]=[N+]=NCC1CC(=O)N(c2ccc(I)cc2N)C1. The van der Waals surface area contributed by atoms with Crippen LogP contribution < -0.4 is 10.6 Å². The summed E-state index contributed by atoms with van der Waals surface area (Å²) in [4.78, 5) is 16.3. The average Bonchev–Trinajstić information content (AvgIpc) is 2.68. The first-order valence-electron chi connectivity index (χ1n) is 5.48. The maximum Gasteiger partial charge on any atom is 0.227 e. The van der Waals surface area contributed by atoms with Crippen molar-refractivity contribution in [3.8, 4) is 0 Å². The van der Waals surface area contributed by atoms with Crippen molar-refractivity contribution < 1.29 is 4.79 Å². The lowest BCUT2D eigenvalue weighted by molar-refractivity contribution is -0.117. The summed E-state index contributed by atoms with van der Waals surface area (Å²) in [7, 11) is 0. The van der Waals surface area contributed by atoms with Crippen LogP contribution in [0.15, 0.2) is 23.3 Å². The number of carbonyl (C=O) groups is 1. The third-order valence-electron chi connectivity index (χ3n) is 2.89. The number of nitrogens with zero attached hydrogens (tertiary/aromatic N) is 4. The smallest absolute Gasteiger partial charge is 0.227 e. The molecule has 7 heteroatoms. The maximum absolute atomic E-state index is 11.9. The zero-order valence-corrected chi connectivity index (χ0v) is 11.7. The van der Waals surface area contributed by atoms with Crippen LogP contribution >= 0.6 is 22.6 Å². The van der Waals surface area contributed by atoms with E-state index in [1.807, 2.05) is 18.2 Å². The third kappa shape index (κ3) is 2.68. The second-order valence-corrected chi connectivity index (χ2v) is 5.44. The van der Waals surface area contributed by atoms with Gasteiger partial charge in [0.05, 0.1) is 11.4 Å². The highest BCUT2D eigenvalue weighted by atomic mass is 127. The molecule has 1 heterocycles. The Morgan fingerprint density at radius 3 is 3.06 bits per heavy atom. The van der Waals surface area contributed by atoms with Crippen molar-refractivity contribution in [1.82, 2.24) is 0 Å². The van der Waals surface area contributed by atoms with Crippen molar-refractivity contribution in [3.63, 3.8) is 0 Å². The Hall–Kier alpha value is -1.47. The molecule has 1 amide bonds. The first-order chi connectivity index (χ1) is 8.61. The van der Waals surface area contributed by atoms with E-state index < -0.39 is 0 Å². The van der Waals surface area contributed by atoms with Crippen LogP contribution in [0.1, 0.15) is 6.42 Å². The molecule has 0 bridgehead atoms. The molecule has 0 spiro atoms. The van der Waals surface area contributed by atoms with Gasteiger partial charge in [-0.1, -0.05) is 5.11 Å². The second-order valence-electron chi connectivity index (χ2n) is 4.19. The van der Waals surface area contributed by atoms with Crippen LogP contribution in [0.5, 0.6) is 0 Å². The molecule has 0 aromatic heterocycles. The summed E-state index contributed by atoms with van der Waals surface area (Å²) in [6.45, 7) is 0.908. The van der Waals surface area contributed by atoms with E-state index in [1.165, 1.54) is 0 Å². The Morgan fingerprint density at radius 2 is 2.39 bits per heavy atom. The predicted octanol–water partition coefficient (Wildman–Crippen LogP) is 2.54. The van der Waals surface area contributed by atoms with Crippen LogP contribution in [0.25, 0.3) is 10.4 Å². The Kier molecular flexibility index (Phi) is 3.93.